The molecule has 1 saturated carbocycles. The number of carbonyl (C=O) groups excluding carboxylic acids is 1. The third kappa shape index (κ3) is 11.3. The van der Waals surface area contributed by atoms with Crippen molar-refractivity contribution in [2.24, 2.45) is 0 Å². The highest BCUT2D eigenvalue weighted by atomic mass is 19.1. The fraction of sp³-hybridized carbons (Fsp3) is 0.741. The zero-order valence-electron chi connectivity index (χ0n) is 21.2. The van der Waals surface area contributed by atoms with Crippen LogP contribution in [0, 0.1) is 5.82 Å². The number of ether oxygens (including phenoxy) is 1. The number of halogens is 1. The molecule has 1 aliphatic carbocycles. The highest BCUT2D eigenvalue weighted by Crippen LogP contribution is 2.25. The van der Waals surface area contributed by atoms with Crippen molar-refractivity contribution in [2.75, 3.05) is 39.1 Å². The minimum Gasteiger partial charge on any atom is -0.378 e. The molecule has 0 radical (unpaired) electrons. The van der Waals surface area contributed by atoms with Gasteiger partial charge in [-0.3, -0.25) is 0 Å². The van der Waals surface area contributed by atoms with Gasteiger partial charge in [-0.1, -0.05) is 39.0 Å². The molecule has 188 valence electrons. The average molecular weight is 464 g/mol. The number of urea groups is 1. The van der Waals surface area contributed by atoms with Crippen LogP contribution in [0.25, 0.3) is 0 Å². The van der Waals surface area contributed by atoms with Crippen LogP contribution in [0.3, 0.4) is 0 Å². The van der Waals surface area contributed by atoms with E-state index < -0.39 is 0 Å². The summed E-state index contributed by atoms with van der Waals surface area (Å²) in [5, 5.41) is 2.84. The number of unbranched alkanes of at least 4 members (excludes halogenated alkanes) is 6. The number of carbonyl (C=O) groups is 1. The SMILES string of the molecule is CCCCCN(C)CCCCCCCO[C@H]1CC[C@H](N(C)C(=O)Nc2ccc(F)cc2)CC1. The topological polar surface area (TPSA) is 44.8 Å². The summed E-state index contributed by atoms with van der Waals surface area (Å²) in [5.74, 6) is -0.305. The first-order chi connectivity index (χ1) is 16.0. The maximum atomic E-state index is 13.0. The summed E-state index contributed by atoms with van der Waals surface area (Å²) in [7, 11) is 4.08. The Morgan fingerprint density at radius 3 is 2.21 bits per heavy atom. The van der Waals surface area contributed by atoms with E-state index in [9.17, 15) is 9.18 Å². The Balaban J connectivity index is 1.48. The fourth-order valence-corrected chi connectivity index (χ4v) is 4.52. The maximum absolute atomic E-state index is 13.0. The van der Waals surface area contributed by atoms with Gasteiger partial charge in [0, 0.05) is 25.4 Å². The van der Waals surface area contributed by atoms with Crippen LogP contribution in [0.15, 0.2) is 24.3 Å². The predicted molar refractivity (Wildman–Crippen MR) is 135 cm³/mol. The van der Waals surface area contributed by atoms with Crippen LogP contribution in [0.2, 0.25) is 0 Å². The molecule has 2 rings (SSSR count). The van der Waals surface area contributed by atoms with E-state index in [4.69, 9.17) is 4.74 Å². The smallest absolute Gasteiger partial charge is 0.321 e. The lowest BCUT2D eigenvalue weighted by atomic mass is 9.92. The molecule has 1 aliphatic rings. The predicted octanol–water partition coefficient (Wildman–Crippen LogP) is 6.69. The van der Waals surface area contributed by atoms with E-state index in [0.29, 0.717) is 11.8 Å². The monoisotopic (exact) mass is 463 g/mol. The van der Waals surface area contributed by atoms with Crippen LogP contribution in [0.4, 0.5) is 14.9 Å². The maximum Gasteiger partial charge on any atom is 0.321 e. The number of anilines is 1. The first-order valence-electron chi connectivity index (χ1n) is 13.1. The summed E-state index contributed by atoms with van der Waals surface area (Å²) in [6.45, 7) is 5.57. The van der Waals surface area contributed by atoms with Gasteiger partial charge in [-0.15, -0.1) is 0 Å². The summed E-state index contributed by atoms with van der Waals surface area (Å²) >= 11 is 0. The first kappa shape index (κ1) is 27.6. The Kier molecular flexibility index (Phi) is 13.4. The quantitative estimate of drug-likeness (QED) is 0.295. The molecule has 0 unspecified atom stereocenters. The summed E-state index contributed by atoms with van der Waals surface area (Å²) in [6, 6.07) is 5.96. The van der Waals surface area contributed by atoms with Crippen LogP contribution in [0.5, 0.6) is 0 Å². The Hall–Kier alpha value is -1.66. The summed E-state index contributed by atoms with van der Waals surface area (Å²) in [6.07, 6.45) is 14.5. The van der Waals surface area contributed by atoms with E-state index in [1.165, 1.54) is 70.2 Å². The van der Waals surface area contributed by atoms with Crippen molar-refractivity contribution in [3.63, 3.8) is 0 Å². The van der Waals surface area contributed by atoms with Gasteiger partial charge < -0.3 is 19.9 Å². The van der Waals surface area contributed by atoms with Crippen molar-refractivity contribution < 1.29 is 13.9 Å². The molecule has 0 saturated heterocycles. The van der Waals surface area contributed by atoms with Crippen molar-refractivity contribution in [1.29, 1.82) is 0 Å². The second-order valence-corrected chi connectivity index (χ2v) is 9.63. The number of nitrogens with zero attached hydrogens (tertiary/aromatic N) is 2. The molecule has 6 heteroatoms. The van der Waals surface area contributed by atoms with Crippen LogP contribution in [-0.4, -0.2) is 61.8 Å². The highest BCUT2D eigenvalue weighted by Gasteiger charge is 2.27. The molecule has 0 aliphatic heterocycles. The molecule has 1 aromatic rings. The molecule has 1 fully saturated rings. The third-order valence-electron chi connectivity index (χ3n) is 6.79. The number of hydrogen-bond acceptors (Lipinski definition) is 3. The van der Waals surface area contributed by atoms with Crippen molar-refractivity contribution in [1.82, 2.24) is 9.80 Å². The van der Waals surface area contributed by atoms with E-state index in [2.05, 4.69) is 24.2 Å². The van der Waals surface area contributed by atoms with Crippen molar-refractivity contribution in [2.45, 2.75) is 96.1 Å². The van der Waals surface area contributed by atoms with Crippen molar-refractivity contribution >= 4 is 11.7 Å². The molecule has 0 aromatic heterocycles. The summed E-state index contributed by atoms with van der Waals surface area (Å²) in [4.78, 5) is 16.7. The number of hydrogen-bond donors (Lipinski definition) is 1. The molecular weight excluding hydrogens is 417 g/mol. The van der Waals surface area contributed by atoms with E-state index in [1.54, 1.807) is 17.0 Å². The molecule has 0 atom stereocenters. The molecule has 0 heterocycles. The molecule has 0 bridgehead atoms. The summed E-state index contributed by atoms with van der Waals surface area (Å²) in [5.41, 5.74) is 0.615. The van der Waals surface area contributed by atoms with Crippen LogP contribution >= 0.6 is 0 Å². The molecule has 5 nitrogen and oxygen atoms in total. The van der Waals surface area contributed by atoms with Gasteiger partial charge in [-0.05, 0) is 89.3 Å². The Morgan fingerprint density at radius 2 is 1.55 bits per heavy atom. The van der Waals surface area contributed by atoms with Gasteiger partial charge >= 0.3 is 6.03 Å². The number of amides is 2. The van der Waals surface area contributed by atoms with E-state index in [0.717, 1.165) is 38.7 Å². The fourth-order valence-electron chi connectivity index (χ4n) is 4.52. The Labute approximate surface area is 201 Å². The number of benzene rings is 1. The molecule has 33 heavy (non-hydrogen) atoms. The lowest BCUT2D eigenvalue weighted by molar-refractivity contribution is 0.0130. The second kappa shape index (κ2) is 16.0. The van der Waals surface area contributed by atoms with E-state index >= 15 is 0 Å². The van der Waals surface area contributed by atoms with Gasteiger partial charge in [-0.25, -0.2) is 9.18 Å². The number of rotatable bonds is 15. The van der Waals surface area contributed by atoms with Crippen molar-refractivity contribution in [3.8, 4) is 0 Å². The van der Waals surface area contributed by atoms with Gasteiger partial charge in [0.25, 0.3) is 0 Å². The number of nitrogens with one attached hydrogen (secondary N) is 1. The Bertz CT molecular complexity index is 647. The van der Waals surface area contributed by atoms with Gasteiger partial charge in [0.15, 0.2) is 0 Å². The van der Waals surface area contributed by atoms with Crippen LogP contribution < -0.4 is 5.32 Å². The normalized spacial score (nSPS) is 18.5. The highest BCUT2D eigenvalue weighted by molar-refractivity contribution is 5.89. The lowest BCUT2D eigenvalue weighted by Crippen LogP contribution is -2.42. The Morgan fingerprint density at radius 1 is 0.939 bits per heavy atom. The van der Waals surface area contributed by atoms with Crippen LogP contribution in [-0.2, 0) is 4.74 Å². The second-order valence-electron chi connectivity index (χ2n) is 9.63. The molecular formula is C27H46FN3O2. The third-order valence-corrected chi connectivity index (χ3v) is 6.79. The zero-order valence-corrected chi connectivity index (χ0v) is 21.2. The molecule has 1 N–H and O–H groups in total. The largest absolute Gasteiger partial charge is 0.378 e. The lowest BCUT2D eigenvalue weighted by Gasteiger charge is -2.34. The summed E-state index contributed by atoms with van der Waals surface area (Å²) < 4.78 is 19.1. The zero-order chi connectivity index (χ0) is 23.9. The molecule has 2 amide bonds. The average Bonchev–Trinajstić information content (AvgIpc) is 2.82. The van der Waals surface area contributed by atoms with Gasteiger partial charge in [-0.2, -0.15) is 0 Å². The van der Waals surface area contributed by atoms with E-state index in [-0.39, 0.29) is 17.9 Å². The minimum absolute atomic E-state index is 0.141. The van der Waals surface area contributed by atoms with Gasteiger partial charge in [0.2, 0.25) is 0 Å². The minimum atomic E-state index is -0.305. The van der Waals surface area contributed by atoms with Crippen LogP contribution in [0.1, 0.15) is 84.0 Å². The first-order valence-corrected chi connectivity index (χ1v) is 13.1. The van der Waals surface area contributed by atoms with E-state index in [1.807, 2.05) is 7.05 Å². The molecule has 1 aromatic carbocycles. The molecule has 0 spiro atoms. The standard InChI is InChI=1S/C27H46FN3O2/c1-4-5-9-20-30(2)21-10-7-6-8-11-22-33-26-18-16-25(17-19-26)31(3)27(32)29-24-14-12-23(28)13-15-24/h12-15,25-26H,4-11,16-22H2,1-3H3,(H,29,32)/t25-,26-. The van der Waals surface area contributed by atoms with Crippen molar-refractivity contribution in [3.05, 3.63) is 30.1 Å². The van der Waals surface area contributed by atoms with Gasteiger partial charge in [0.05, 0.1) is 6.10 Å². The van der Waals surface area contributed by atoms with Gasteiger partial charge in [0.1, 0.15) is 5.82 Å².